The highest BCUT2D eigenvalue weighted by Crippen LogP contribution is 2.48. The van der Waals surface area contributed by atoms with Crippen molar-refractivity contribution in [1.29, 1.82) is 0 Å². The monoisotopic (exact) mass is 559 g/mol. The van der Waals surface area contributed by atoms with Crippen LogP contribution in [0.4, 0.5) is 11.4 Å². The van der Waals surface area contributed by atoms with Gasteiger partial charge < -0.3 is 4.90 Å². The maximum absolute atomic E-state index is 11.9. The summed E-state index contributed by atoms with van der Waals surface area (Å²) in [7, 11) is -4.21. The molecule has 212 valence electrons. The summed E-state index contributed by atoms with van der Waals surface area (Å²) in [6.07, 6.45) is 13.4. The van der Waals surface area contributed by atoms with Gasteiger partial charge in [0, 0.05) is 41.1 Å². The first-order chi connectivity index (χ1) is 18.7. The van der Waals surface area contributed by atoms with Gasteiger partial charge in [-0.25, -0.2) is 0 Å². The van der Waals surface area contributed by atoms with E-state index in [1.165, 1.54) is 22.5 Å². The molecule has 0 radical (unpaired) electrons. The Morgan fingerprint density at radius 3 is 2.23 bits per heavy atom. The zero-order valence-corrected chi connectivity index (χ0v) is 25.9. The highest BCUT2D eigenvalue weighted by molar-refractivity contribution is 7.85. The molecule has 0 aromatic heterocycles. The third-order valence-electron chi connectivity index (χ3n) is 8.24. The standard InChI is InChI=1S/C34H42N2O3S/c1-9-26(13-11-15-31-33(5,6)27-21-24(3)17-19-29(27)35(31)10-2)14-12-16-32-34(7,8)28-22-25(4)18-20-30(28)36(32)23-40(37,38)39/h11-22H,9-10,23H2,1-8H3/p+1. The molecule has 2 heterocycles. The maximum atomic E-state index is 11.9. The van der Waals surface area contributed by atoms with Crippen LogP contribution in [0.5, 0.6) is 0 Å². The van der Waals surface area contributed by atoms with Crippen LogP contribution in [0, 0.1) is 13.8 Å². The van der Waals surface area contributed by atoms with E-state index in [9.17, 15) is 13.0 Å². The maximum Gasteiger partial charge on any atom is 0.326 e. The lowest BCUT2D eigenvalue weighted by Gasteiger charge is -2.25. The van der Waals surface area contributed by atoms with Crippen LogP contribution in [0.2, 0.25) is 0 Å². The minimum absolute atomic E-state index is 0.0771. The fourth-order valence-electron chi connectivity index (χ4n) is 6.04. The van der Waals surface area contributed by atoms with Crippen molar-refractivity contribution in [2.45, 2.75) is 72.6 Å². The Bertz CT molecular complexity index is 1580. The SMILES string of the molecule is CCC(=C/C=C/C1=[N+](CS(=O)(=O)O)c2ccc(C)cc2C1(C)C)/C=C/C=C1/N(CC)c2ccc(C)cc2C1(C)C. The first-order valence-corrected chi connectivity index (χ1v) is 15.7. The molecule has 2 aromatic carbocycles. The van der Waals surface area contributed by atoms with E-state index in [-0.39, 0.29) is 5.41 Å². The molecule has 1 N–H and O–H groups in total. The molecule has 0 unspecified atom stereocenters. The molecule has 0 bridgehead atoms. The average Bonchev–Trinajstić information content (AvgIpc) is 3.20. The zero-order chi connectivity index (χ0) is 29.5. The summed E-state index contributed by atoms with van der Waals surface area (Å²) in [5, 5.41) is 0. The van der Waals surface area contributed by atoms with Gasteiger partial charge in [-0.05, 0) is 70.4 Å². The third kappa shape index (κ3) is 5.65. The Kier molecular flexibility index (Phi) is 8.17. The molecule has 0 atom stereocenters. The topological polar surface area (TPSA) is 60.6 Å². The highest BCUT2D eigenvalue weighted by atomic mass is 32.2. The predicted octanol–water partition coefficient (Wildman–Crippen LogP) is 7.68. The second-order valence-corrected chi connectivity index (χ2v) is 13.3. The van der Waals surface area contributed by atoms with E-state index in [0.717, 1.165) is 41.1 Å². The van der Waals surface area contributed by atoms with Crippen molar-refractivity contribution in [3.63, 3.8) is 0 Å². The van der Waals surface area contributed by atoms with E-state index in [1.807, 2.05) is 31.2 Å². The predicted molar refractivity (Wildman–Crippen MR) is 168 cm³/mol. The minimum Gasteiger partial charge on any atom is -0.344 e. The fourth-order valence-corrected chi connectivity index (χ4v) is 6.64. The van der Waals surface area contributed by atoms with Crippen molar-refractivity contribution in [2.75, 3.05) is 17.3 Å². The minimum atomic E-state index is -4.21. The number of nitrogens with zero attached hydrogens (tertiary/aromatic N) is 2. The molecule has 0 aliphatic carbocycles. The van der Waals surface area contributed by atoms with Gasteiger partial charge in [0.2, 0.25) is 5.69 Å². The first-order valence-electron chi connectivity index (χ1n) is 14.1. The van der Waals surface area contributed by atoms with E-state index in [0.29, 0.717) is 0 Å². The second kappa shape index (κ2) is 11.0. The molecule has 5 nitrogen and oxygen atoms in total. The number of allylic oxidation sites excluding steroid dienone is 8. The molecule has 0 amide bonds. The van der Waals surface area contributed by atoms with Crippen LogP contribution >= 0.6 is 0 Å². The lowest BCUT2D eigenvalue weighted by Crippen LogP contribution is -2.29. The summed E-state index contributed by atoms with van der Waals surface area (Å²) in [5.41, 5.74) is 9.71. The Balaban J connectivity index is 1.64. The quantitative estimate of drug-likeness (QED) is 0.205. The number of anilines is 1. The van der Waals surface area contributed by atoms with Gasteiger partial charge in [0.15, 0.2) is 5.71 Å². The van der Waals surface area contributed by atoms with Crippen molar-refractivity contribution >= 4 is 27.2 Å². The van der Waals surface area contributed by atoms with E-state index in [4.69, 9.17) is 0 Å². The number of hydrogen-bond acceptors (Lipinski definition) is 3. The Morgan fingerprint density at radius 2 is 1.60 bits per heavy atom. The molecule has 40 heavy (non-hydrogen) atoms. The van der Waals surface area contributed by atoms with Crippen LogP contribution in [-0.2, 0) is 20.9 Å². The number of benzene rings is 2. The van der Waals surface area contributed by atoms with Crippen LogP contribution in [-0.4, -0.2) is 35.7 Å². The molecular formula is C34H43N2O3S+. The van der Waals surface area contributed by atoms with Crippen LogP contribution < -0.4 is 4.90 Å². The van der Waals surface area contributed by atoms with Gasteiger partial charge in [0.05, 0.1) is 5.41 Å². The molecule has 0 saturated heterocycles. The van der Waals surface area contributed by atoms with Gasteiger partial charge in [-0.2, -0.15) is 13.0 Å². The number of hydrogen-bond donors (Lipinski definition) is 1. The largest absolute Gasteiger partial charge is 0.344 e. The van der Waals surface area contributed by atoms with Crippen LogP contribution in [0.15, 0.2) is 84.1 Å². The van der Waals surface area contributed by atoms with Crippen molar-refractivity contribution in [1.82, 2.24) is 0 Å². The van der Waals surface area contributed by atoms with Crippen molar-refractivity contribution in [2.24, 2.45) is 0 Å². The molecule has 2 aromatic rings. The molecule has 0 fully saturated rings. The van der Waals surface area contributed by atoms with Gasteiger partial charge in [0.1, 0.15) is 0 Å². The molecule has 0 saturated carbocycles. The van der Waals surface area contributed by atoms with Crippen molar-refractivity contribution in [3.05, 3.63) is 106 Å². The van der Waals surface area contributed by atoms with Crippen LogP contribution in [0.25, 0.3) is 0 Å². The summed E-state index contributed by atoms with van der Waals surface area (Å²) in [4.78, 5) is 2.40. The number of fused-ring (bicyclic) bond motifs is 2. The van der Waals surface area contributed by atoms with Crippen molar-refractivity contribution < 1.29 is 17.5 Å². The van der Waals surface area contributed by atoms with Crippen LogP contribution in [0.3, 0.4) is 0 Å². The molecular weight excluding hydrogens is 516 g/mol. The second-order valence-electron chi connectivity index (χ2n) is 11.9. The smallest absolute Gasteiger partial charge is 0.326 e. The van der Waals surface area contributed by atoms with Gasteiger partial charge in [0.25, 0.3) is 5.88 Å². The lowest BCUT2D eigenvalue weighted by atomic mass is 9.81. The van der Waals surface area contributed by atoms with E-state index >= 15 is 0 Å². The lowest BCUT2D eigenvalue weighted by molar-refractivity contribution is -0.416. The van der Waals surface area contributed by atoms with E-state index in [1.54, 1.807) is 4.58 Å². The third-order valence-corrected chi connectivity index (χ3v) is 8.82. The molecule has 6 heteroatoms. The summed E-state index contributed by atoms with van der Waals surface area (Å²) < 4.78 is 35.2. The Hall–Kier alpha value is -3.22. The summed E-state index contributed by atoms with van der Waals surface area (Å²) in [5.74, 6) is -0.477. The van der Waals surface area contributed by atoms with E-state index in [2.05, 4.69) is 102 Å². The van der Waals surface area contributed by atoms with Gasteiger partial charge in [-0.1, -0.05) is 74.4 Å². The van der Waals surface area contributed by atoms with E-state index < -0.39 is 21.4 Å². The number of aryl methyl sites for hydroxylation is 2. The summed E-state index contributed by atoms with van der Waals surface area (Å²) >= 11 is 0. The van der Waals surface area contributed by atoms with Gasteiger partial charge in [-0.3, -0.25) is 4.55 Å². The van der Waals surface area contributed by atoms with Gasteiger partial charge >= 0.3 is 10.1 Å². The van der Waals surface area contributed by atoms with Crippen LogP contribution in [0.1, 0.15) is 70.2 Å². The zero-order valence-electron chi connectivity index (χ0n) is 25.1. The number of likely N-dealkylation sites (N-methyl/N-ethyl adjacent to an activating group) is 1. The Labute approximate surface area is 240 Å². The van der Waals surface area contributed by atoms with Crippen molar-refractivity contribution in [3.8, 4) is 0 Å². The molecule has 4 rings (SSSR count). The summed E-state index contributed by atoms with van der Waals surface area (Å²) in [6.45, 7) is 18.2. The Morgan fingerprint density at radius 1 is 0.950 bits per heavy atom. The average molecular weight is 560 g/mol. The molecule has 0 spiro atoms. The normalized spacial score (nSPS) is 19.4. The molecule has 2 aliphatic rings. The highest BCUT2D eigenvalue weighted by Gasteiger charge is 2.45. The first kappa shape index (κ1) is 29.8. The molecule has 2 aliphatic heterocycles. The van der Waals surface area contributed by atoms with Gasteiger partial charge in [-0.15, -0.1) is 0 Å². The summed E-state index contributed by atoms with van der Waals surface area (Å²) in [6, 6.07) is 12.7. The number of rotatable bonds is 8. The fraction of sp³-hybridized carbons (Fsp3) is 0.382.